The van der Waals surface area contributed by atoms with Crippen LogP contribution in [0.1, 0.15) is 17.4 Å². The van der Waals surface area contributed by atoms with Crippen LogP contribution >= 0.6 is 11.3 Å². The largest absolute Gasteiger partial charge is 0.494 e. The number of benzene rings is 2. The third kappa shape index (κ3) is 3.71. The quantitative estimate of drug-likeness (QED) is 0.666. The van der Waals surface area contributed by atoms with Crippen LogP contribution in [0.4, 0.5) is 10.8 Å². The van der Waals surface area contributed by atoms with Gasteiger partial charge in [0.1, 0.15) is 5.75 Å². The predicted octanol–water partition coefficient (Wildman–Crippen LogP) is 5.57. The van der Waals surface area contributed by atoms with Gasteiger partial charge < -0.3 is 10.1 Å². The van der Waals surface area contributed by atoms with Crippen LogP contribution in [0.3, 0.4) is 0 Å². The van der Waals surface area contributed by atoms with E-state index < -0.39 is 0 Å². The fraction of sp³-hybridized carbons (Fsp3) is 0.211. The van der Waals surface area contributed by atoms with Gasteiger partial charge in [0.05, 0.1) is 12.3 Å². The molecule has 0 fully saturated rings. The Morgan fingerprint density at radius 3 is 2.57 bits per heavy atom. The Morgan fingerprint density at radius 1 is 1.09 bits per heavy atom. The van der Waals surface area contributed by atoms with Gasteiger partial charge in [-0.1, -0.05) is 12.1 Å². The summed E-state index contributed by atoms with van der Waals surface area (Å²) < 4.78 is 5.49. The second-order valence-electron chi connectivity index (χ2n) is 5.38. The molecule has 0 aliphatic rings. The zero-order valence-electron chi connectivity index (χ0n) is 13.6. The summed E-state index contributed by atoms with van der Waals surface area (Å²) in [6.07, 6.45) is 0. The van der Waals surface area contributed by atoms with Crippen LogP contribution < -0.4 is 10.1 Å². The summed E-state index contributed by atoms with van der Waals surface area (Å²) in [5.74, 6) is 0.891. The van der Waals surface area contributed by atoms with Crippen molar-refractivity contribution in [2.75, 3.05) is 11.9 Å². The van der Waals surface area contributed by atoms with Crippen molar-refractivity contribution in [3.63, 3.8) is 0 Å². The summed E-state index contributed by atoms with van der Waals surface area (Å²) >= 11 is 1.67. The Bertz CT molecular complexity index is 793. The highest BCUT2D eigenvalue weighted by Gasteiger charge is 2.10. The second kappa shape index (κ2) is 6.84. The lowest BCUT2D eigenvalue weighted by molar-refractivity contribution is 0.340. The Labute approximate surface area is 141 Å². The van der Waals surface area contributed by atoms with Crippen molar-refractivity contribution in [1.82, 2.24) is 4.98 Å². The molecule has 3 aromatic rings. The average molecular weight is 324 g/mol. The molecule has 2 aromatic carbocycles. The molecule has 1 aromatic heterocycles. The van der Waals surface area contributed by atoms with Crippen molar-refractivity contribution in [3.8, 4) is 17.0 Å². The number of thiazole rings is 1. The van der Waals surface area contributed by atoms with E-state index in [2.05, 4.69) is 49.5 Å². The molecule has 3 rings (SSSR count). The smallest absolute Gasteiger partial charge is 0.187 e. The first kappa shape index (κ1) is 15.6. The van der Waals surface area contributed by atoms with E-state index in [1.54, 1.807) is 11.3 Å². The van der Waals surface area contributed by atoms with Gasteiger partial charge >= 0.3 is 0 Å². The van der Waals surface area contributed by atoms with Gasteiger partial charge in [-0.15, -0.1) is 11.3 Å². The molecule has 1 heterocycles. The molecule has 0 radical (unpaired) electrons. The van der Waals surface area contributed by atoms with Gasteiger partial charge in [-0.25, -0.2) is 4.98 Å². The van der Waals surface area contributed by atoms with E-state index in [4.69, 9.17) is 9.72 Å². The minimum absolute atomic E-state index is 0.680. The van der Waals surface area contributed by atoms with Crippen molar-refractivity contribution < 1.29 is 4.74 Å². The summed E-state index contributed by atoms with van der Waals surface area (Å²) in [5, 5.41) is 4.30. The Kier molecular flexibility index (Phi) is 4.63. The molecule has 23 heavy (non-hydrogen) atoms. The first-order valence-corrected chi connectivity index (χ1v) is 8.51. The molecule has 118 valence electrons. The van der Waals surface area contributed by atoms with Gasteiger partial charge in [0, 0.05) is 16.1 Å². The highest BCUT2D eigenvalue weighted by molar-refractivity contribution is 7.16. The van der Waals surface area contributed by atoms with Crippen LogP contribution in [0.15, 0.2) is 48.5 Å². The molecule has 0 aliphatic heterocycles. The third-order valence-corrected chi connectivity index (χ3v) is 4.39. The van der Waals surface area contributed by atoms with E-state index in [1.165, 1.54) is 10.4 Å². The number of rotatable bonds is 5. The number of aromatic nitrogens is 1. The van der Waals surface area contributed by atoms with E-state index in [1.807, 2.05) is 25.1 Å². The molecule has 0 saturated heterocycles. The van der Waals surface area contributed by atoms with Crippen molar-refractivity contribution in [3.05, 3.63) is 59.0 Å². The van der Waals surface area contributed by atoms with Gasteiger partial charge in [0.15, 0.2) is 5.13 Å². The Morgan fingerprint density at radius 2 is 1.87 bits per heavy atom. The summed E-state index contributed by atoms with van der Waals surface area (Å²) in [6.45, 7) is 6.86. The lowest BCUT2D eigenvalue weighted by Crippen LogP contribution is -1.91. The fourth-order valence-corrected chi connectivity index (χ4v) is 3.30. The third-order valence-electron chi connectivity index (χ3n) is 3.50. The van der Waals surface area contributed by atoms with Crippen molar-refractivity contribution in [2.45, 2.75) is 20.8 Å². The molecule has 0 saturated carbocycles. The number of nitrogens with zero attached hydrogens (tertiary/aromatic N) is 1. The second-order valence-corrected chi connectivity index (χ2v) is 6.58. The SMILES string of the molecule is CCOc1ccc(-c2nc(Nc3cccc(C)c3)sc2C)cc1. The molecule has 0 spiro atoms. The van der Waals surface area contributed by atoms with Crippen molar-refractivity contribution in [1.29, 1.82) is 0 Å². The lowest BCUT2D eigenvalue weighted by Gasteiger charge is -2.04. The van der Waals surface area contributed by atoms with Crippen LogP contribution in [-0.4, -0.2) is 11.6 Å². The van der Waals surface area contributed by atoms with Crippen LogP contribution in [-0.2, 0) is 0 Å². The number of hydrogen-bond donors (Lipinski definition) is 1. The average Bonchev–Trinajstić information content (AvgIpc) is 2.89. The van der Waals surface area contributed by atoms with Gasteiger partial charge in [-0.3, -0.25) is 0 Å². The minimum atomic E-state index is 0.680. The molecule has 1 N–H and O–H groups in total. The number of anilines is 2. The Balaban J connectivity index is 1.83. The standard InChI is InChI=1S/C19H20N2OS/c1-4-22-17-10-8-15(9-11-17)18-14(3)23-19(21-18)20-16-7-5-6-13(2)12-16/h5-12H,4H2,1-3H3,(H,20,21). The number of aryl methyl sites for hydroxylation is 2. The fourth-order valence-electron chi connectivity index (χ4n) is 2.44. The summed E-state index contributed by atoms with van der Waals surface area (Å²) in [5.41, 5.74) is 4.43. The zero-order chi connectivity index (χ0) is 16.2. The van der Waals surface area contributed by atoms with Crippen LogP contribution in [0.25, 0.3) is 11.3 Å². The van der Waals surface area contributed by atoms with Crippen LogP contribution in [0.2, 0.25) is 0 Å². The molecule has 0 aliphatic carbocycles. The summed E-state index contributed by atoms with van der Waals surface area (Å²) in [7, 11) is 0. The maximum atomic E-state index is 5.49. The molecule has 0 unspecified atom stereocenters. The van der Waals surface area contributed by atoms with E-state index in [0.29, 0.717) is 6.61 Å². The van der Waals surface area contributed by atoms with E-state index in [0.717, 1.165) is 27.8 Å². The zero-order valence-corrected chi connectivity index (χ0v) is 14.4. The number of hydrogen-bond acceptors (Lipinski definition) is 4. The maximum Gasteiger partial charge on any atom is 0.187 e. The highest BCUT2D eigenvalue weighted by Crippen LogP contribution is 2.32. The first-order chi connectivity index (χ1) is 11.2. The van der Waals surface area contributed by atoms with Gasteiger partial charge in [0.25, 0.3) is 0 Å². The topological polar surface area (TPSA) is 34.1 Å². The minimum Gasteiger partial charge on any atom is -0.494 e. The number of ether oxygens (including phenoxy) is 1. The van der Waals surface area contributed by atoms with Gasteiger partial charge in [-0.2, -0.15) is 0 Å². The molecular formula is C19H20N2OS. The maximum absolute atomic E-state index is 5.49. The molecule has 4 heteroatoms. The van der Waals surface area contributed by atoms with Crippen LogP contribution in [0.5, 0.6) is 5.75 Å². The normalized spacial score (nSPS) is 10.6. The van der Waals surface area contributed by atoms with Crippen molar-refractivity contribution in [2.24, 2.45) is 0 Å². The highest BCUT2D eigenvalue weighted by atomic mass is 32.1. The monoisotopic (exact) mass is 324 g/mol. The van der Waals surface area contributed by atoms with Crippen molar-refractivity contribution >= 4 is 22.2 Å². The van der Waals surface area contributed by atoms with E-state index in [9.17, 15) is 0 Å². The summed E-state index contributed by atoms with van der Waals surface area (Å²) in [4.78, 5) is 5.95. The van der Waals surface area contributed by atoms with Gasteiger partial charge in [0.2, 0.25) is 0 Å². The molecular weight excluding hydrogens is 304 g/mol. The predicted molar refractivity (Wildman–Crippen MR) is 97.9 cm³/mol. The van der Waals surface area contributed by atoms with E-state index >= 15 is 0 Å². The van der Waals surface area contributed by atoms with Gasteiger partial charge in [-0.05, 0) is 62.7 Å². The molecule has 0 bridgehead atoms. The molecule has 0 atom stereocenters. The lowest BCUT2D eigenvalue weighted by atomic mass is 10.1. The molecule has 0 amide bonds. The van der Waals surface area contributed by atoms with Crippen LogP contribution in [0, 0.1) is 13.8 Å². The Hall–Kier alpha value is -2.33. The van der Waals surface area contributed by atoms with E-state index in [-0.39, 0.29) is 0 Å². The number of nitrogens with one attached hydrogen (secondary N) is 1. The molecule has 3 nitrogen and oxygen atoms in total. The first-order valence-electron chi connectivity index (χ1n) is 7.70. The summed E-state index contributed by atoms with van der Waals surface area (Å²) in [6, 6.07) is 16.4.